The van der Waals surface area contributed by atoms with E-state index < -0.39 is 0 Å². The van der Waals surface area contributed by atoms with Crippen molar-refractivity contribution in [1.29, 1.82) is 0 Å². The molecule has 0 saturated heterocycles. The van der Waals surface area contributed by atoms with Crippen LogP contribution >= 0.6 is 0 Å². The van der Waals surface area contributed by atoms with Crippen LogP contribution in [0.2, 0.25) is 0 Å². The van der Waals surface area contributed by atoms with E-state index >= 15 is 0 Å². The Morgan fingerprint density at radius 1 is 1.12 bits per heavy atom. The fourth-order valence-corrected chi connectivity index (χ4v) is 2.15. The number of hydrogen-bond donors (Lipinski definition) is 2. The van der Waals surface area contributed by atoms with E-state index in [2.05, 4.69) is 26.1 Å². The van der Waals surface area contributed by atoms with Crippen LogP contribution in [0.25, 0.3) is 0 Å². The van der Waals surface area contributed by atoms with Gasteiger partial charge in [-0.25, -0.2) is 0 Å². The van der Waals surface area contributed by atoms with Gasteiger partial charge in [0.1, 0.15) is 11.5 Å². The summed E-state index contributed by atoms with van der Waals surface area (Å²) in [6.45, 7) is 6.40. The Hall–Kier alpha value is -2.53. The van der Waals surface area contributed by atoms with Crippen molar-refractivity contribution in [2.24, 2.45) is 0 Å². The Kier molecular flexibility index (Phi) is 5.46. The topological polar surface area (TPSA) is 67.8 Å². The monoisotopic (exact) mass is 329 g/mol. The van der Waals surface area contributed by atoms with Crippen molar-refractivity contribution >= 4 is 11.6 Å². The van der Waals surface area contributed by atoms with Gasteiger partial charge < -0.3 is 19.9 Å². The van der Waals surface area contributed by atoms with Crippen molar-refractivity contribution in [3.05, 3.63) is 53.6 Å². The van der Waals surface area contributed by atoms with E-state index in [-0.39, 0.29) is 23.9 Å². The number of ether oxygens (including phenoxy) is 2. The average Bonchev–Trinajstić information content (AvgIpc) is 2.53. The summed E-state index contributed by atoms with van der Waals surface area (Å²) in [6, 6.07) is 11.8. The molecule has 0 aliphatic carbocycles. The number of aromatic hydroxyl groups is 1. The zero-order valence-electron chi connectivity index (χ0n) is 14.4. The summed E-state index contributed by atoms with van der Waals surface area (Å²) >= 11 is 0. The van der Waals surface area contributed by atoms with Crippen molar-refractivity contribution < 1.29 is 19.4 Å². The lowest BCUT2D eigenvalue weighted by atomic mass is 9.87. The summed E-state index contributed by atoms with van der Waals surface area (Å²) in [4.78, 5) is 12.4. The van der Waals surface area contributed by atoms with Gasteiger partial charge in [0, 0.05) is 12.7 Å². The van der Waals surface area contributed by atoms with E-state index in [4.69, 9.17) is 9.47 Å². The zero-order valence-corrected chi connectivity index (χ0v) is 14.4. The smallest absolute Gasteiger partial charge is 0.255 e. The highest BCUT2D eigenvalue weighted by Gasteiger charge is 2.17. The molecule has 0 heterocycles. The lowest BCUT2D eigenvalue weighted by molar-refractivity contribution is 0.0515. The molecule has 2 aromatic rings. The Morgan fingerprint density at radius 2 is 1.79 bits per heavy atom. The number of anilines is 1. The number of hydrogen-bond acceptors (Lipinski definition) is 4. The van der Waals surface area contributed by atoms with Crippen molar-refractivity contribution in [2.45, 2.75) is 26.2 Å². The molecule has 0 unspecified atom stereocenters. The molecule has 0 aliphatic rings. The van der Waals surface area contributed by atoms with Crippen molar-refractivity contribution in [3.63, 3.8) is 0 Å². The van der Waals surface area contributed by atoms with Crippen LogP contribution in [0.3, 0.4) is 0 Å². The van der Waals surface area contributed by atoms with Gasteiger partial charge in [-0.15, -0.1) is 0 Å². The molecule has 0 saturated carbocycles. The number of rotatable bonds is 5. The number of carbonyl (C=O) groups is 1. The van der Waals surface area contributed by atoms with Crippen LogP contribution < -0.4 is 10.1 Å². The lowest BCUT2D eigenvalue weighted by Crippen LogP contribution is -2.16. The van der Waals surface area contributed by atoms with Gasteiger partial charge in [-0.1, -0.05) is 26.8 Å². The SMILES string of the molecule is COCOc1ccc(C(C)(C)C)cc1NC(=O)c1ccc(O)cc1. The third-order valence-electron chi connectivity index (χ3n) is 3.56. The molecule has 128 valence electrons. The number of carbonyl (C=O) groups excluding carboxylic acids is 1. The average molecular weight is 329 g/mol. The van der Waals surface area contributed by atoms with Gasteiger partial charge in [0.2, 0.25) is 0 Å². The summed E-state index contributed by atoms with van der Waals surface area (Å²) in [5.74, 6) is 0.380. The molecule has 0 fully saturated rings. The number of benzene rings is 2. The van der Waals surface area contributed by atoms with E-state index in [1.54, 1.807) is 12.1 Å². The van der Waals surface area contributed by atoms with Crippen LogP contribution in [0.5, 0.6) is 11.5 Å². The Balaban J connectivity index is 2.30. The molecule has 1 amide bonds. The first-order valence-electron chi connectivity index (χ1n) is 7.68. The molecule has 0 radical (unpaired) electrons. The minimum absolute atomic E-state index is 0.0577. The van der Waals surface area contributed by atoms with E-state index in [1.165, 1.54) is 19.2 Å². The molecule has 5 heteroatoms. The van der Waals surface area contributed by atoms with Gasteiger partial charge in [-0.3, -0.25) is 4.79 Å². The molecule has 0 aromatic heterocycles. The molecule has 0 bridgehead atoms. The normalized spacial score (nSPS) is 11.2. The summed E-state index contributed by atoms with van der Waals surface area (Å²) in [7, 11) is 1.54. The van der Waals surface area contributed by atoms with Crippen molar-refractivity contribution in [2.75, 3.05) is 19.2 Å². The van der Waals surface area contributed by atoms with E-state index in [0.717, 1.165) is 5.56 Å². The van der Waals surface area contributed by atoms with E-state index in [1.807, 2.05) is 18.2 Å². The molecule has 2 rings (SSSR count). The van der Waals surface area contributed by atoms with Crippen LogP contribution in [0.1, 0.15) is 36.7 Å². The quantitative estimate of drug-likeness (QED) is 0.816. The lowest BCUT2D eigenvalue weighted by Gasteiger charge is -2.21. The van der Waals surface area contributed by atoms with E-state index in [9.17, 15) is 9.90 Å². The summed E-state index contributed by atoms with van der Waals surface area (Å²) in [5, 5.41) is 12.2. The van der Waals surface area contributed by atoms with Gasteiger partial charge >= 0.3 is 0 Å². The summed E-state index contributed by atoms with van der Waals surface area (Å²) in [6.07, 6.45) is 0. The van der Waals surface area contributed by atoms with Crippen molar-refractivity contribution in [3.8, 4) is 11.5 Å². The number of nitrogens with one attached hydrogen (secondary N) is 1. The third kappa shape index (κ3) is 4.49. The molecule has 0 atom stereocenters. The maximum atomic E-state index is 12.4. The van der Waals surface area contributed by atoms with Gasteiger partial charge in [-0.05, 0) is 47.4 Å². The molecule has 2 aromatic carbocycles. The maximum absolute atomic E-state index is 12.4. The second kappa shape index (κ2) is 7.36. The first-order chi connectivity index (χ1) is 11.3. The van der Waals surface area contributed by atoms with Gasteiger partial charge in [0.15, 0.2) is 6.79 Å². The van der Waals surface area contributed by atoms with Crippen LogP contribution in [0, 0.1) is 0 Å². The molecule has 2 N–H and O–H groups in total. The van der Waals surface area contributed by atoms with Crippen LogP contribution in [0.4, 0.5) is 5.69 Å². The Labute approximate surface area is 142 Å². The summed E-state index contributed by atoms with van der Waals surface area (Å²) in [5.41, 5.74) is 2.05. The standard InChI is InChI=1S/C19H23NO4/c1-19(2,3)14-7-10-17(24-12-23-4)16(11-14)20-18(22)13-5-8-15(21)9-6-13/h5-11,21H,12H2,1-4H3,(H,20,22). The van der Waals surface area contributed by atoms with Crippen LogP contribution in [-0.4, -0.2) is 24.9 Å². The van der Waals surface area contributed by atoms with Gasteiger partial charge in [-0.2, -0.15) is 0 Å². The number of methoxy groups -OCH3 is 1. The third-order valence-corrected chi connectivity index (χ3v) is 3.56. The van der Waals surface area contributed by atoms with Crippen LogP contribution in [-0.2, 0) is 10.2 Å². The number of phenols is 1. The zero-order chi connectivity index (χ0) is 17.7. The van der Waals surface area contributed by atoms with Crippen LogP contribution in [0.15, 0.2) is 42.5 Å². The predicted octanol–water partition coefficient (Wildman–Crippen LogP) is 3.92. The molecule has 24 heavy (non-hydrogen) atoms. The molecule has 5 nitrogen and oxygen atoms in total. The second-order valence-corrected chi connectivity index (χ2v) is 6.51. The molecular formula is C19H23NO4. The minimum atomic E-state index is -0.275. The Bertz CT molecular complexity index is 702. The Morgan fingerprint density at radius 3 is 2.38 bits per heavy atom. The molecular weight excluding hydrogens is 306 g/mol. The second-order valence-electron chi connectivity index (χ2n) is 6.51. The minimum Gasteiger partial charge on any atom is -0.508 e. The highest BCUT2D eigenvalue weighted by molar-refractivity contribution is 6.05. The number of amides is 1. The van der Waals surface area contributed by atoms with E-state index in [0.29, 0.717) is 17.0 Å². The predicted molar refractivity (Wildman–Crippen MR) is 93.7 cm³/mol. The highest BCUT2D eigenvalue weighted by atomic mass is 16.7. The molecule has 0 spiro atoms. The molecule has 0 aliphatic heterocycles. The van der Waals surface area contributed by atoms with Crippen molar-refractivity contribution in [1.82, 2.24) is 0 Å². The number of phenolic OH excluding ortho intramolecular Hbond substituents is 1. The highest BCUT2D eigenvalue weighted by Crippen LogP contribution is 2.32. The van der Waals surface area contributed by atoms with Gasteiger partial charge in [0.05, 0.1) is 5.69 Å². The largest absolute Gasteiger partial charge is 0.508 e. The maximum Gasteiger partial charge on any atom is 0.255 e. The fourth-order valence-electron chi connectivity index (χ4n) is 2.15. The first kappa shape index (κ1) is 17.8. The summed E-state index contributed by atoms with van der Waals surface area (Å²) < 4.78 is 10.5. The first-order valence-corrected chi connectivity index (χ1v) is 7.68. The van der Waals surface area contributed by atoms with Gasteiger partial charge in [0.25, 0.3) is 5.91 Å². The fraction of sp³-hybridized carbons (Fsp3) is 0.316.